The minimum Gasteiger partial charge on any atom is -0.457 e. The highest BCUT2D eigenvalue weighted by molar-refractivity contribution is 9.10. The molecule has 2 aromatic rings. The first-order valence-electron chi connectivity index (χ1n) is 5.77. The van der Waals surface area contributed by atoms with E-state index in [0.29, 0.717) is 17.1 Å². The van der Waals surface area contributed by atoms with E-state index in [0.717, 1.165) is 10.7 Å². The smallest absolute Gasteiger partial charge is 0.175 e. The van der Waals surface area contributed by atoms with Gasteiger partial charge in [0, 0.05) is 16.3 Å². The van der Waals surface area contributed by atoms with Crippen LogP contribution >= 0.6 is 15.9 Å². The topological polar surface area (TPSA) is 63.6 Å². The molecule has 2 aromatic carbocycles. The third kappa shape index (κ3) is 3.59. The van der Waals surface area contributed by atoms with Gasteiger partial charge in [-0.15, -0.1) is 0 Å². The number of hydrogen-bond acceptors (Lipinski definition) is 4. The van der Waals surface area contributed by atoms with Crippen molar-refractivity contribution in [3.05, 3.63) is 52.5 Å². The van der Waals surface area contributed by atoms with Gasteiger partial charge in [0.1, 0.15) is 11.5 Å². The fourth-order valence-electron chi connectivity index (χ4n) is 1.65. The van der Waals surface area contributed by atoms with Crippen LogP contribution in [0, 0.1) is 0 Å². The van der Waals surface area contributed by atoms with Gasteiger partial charge >= 0.3 is 0 Å². The highest BCUT2D eigenvalue weighted by atomic mass is 79.9. The number of ether oxygens (including phenoxy) is 1. The predicted molar refractivity (Wildman–Crippen MR) is 79.7 cm³/mol. The summed E-state index contributed by atoms with van der Waals surface area (Å²) >= 11 is 3.33. The van der Waals surface area contributed by atoms with E-state index in [4.69, 9.17) is 4.74 Å². The number of aliphatic hydroxyl groups is 1. The largest absolute Gasteiger partial charge is 0.457 e. The number of benzene rings is 2. The highest BCUT2D eigenvalue weighted by Crippen LogP contribution is 2.29. The Morgan fingerprint density at radius 3 is 2.60 bits per heavy atom. The Kier molecular flexibility index (Phi) is 4.47. The lowest BCUT2D eigenvalue weighted by molar-refractivity contribution is 0.276. The van der Waals surface area contributed by atoms with Crippen molar-refractivity contribution in [1.82, 2.24) is 0 Å². The summed E-state index contributed by atoms with van der Waals surface area (Å²) in [6.07, 6.45) is 1.14. The highest BCUT2D eigenvalue weighted by Gasteiger charge is 2.10. The van der Waals surface area contributed by atoms with Gasteiger partial charge in [-0.05, 0) is 30.3 Å². The molecule has 2 rings (SSSR count). The number of hydrogen-bond donors (Lipinski definition) is 1. The number of aliphatic hydroxyl groups excluding tert-OH is 1. The summed E-state index contributed by atoms with van der Waals surface area (Å²) in [4.78, 5) is 0.190. The van der Waals surface area contributed by atoms with E-state index in [1.807, 2.05) is 0 Å². The van der Waals surface area contributed by atoms with Gasteiger partial charge in [0.15, 0.2) is 9.84 Å². The summed E-state index contributed by atoms with van der Waals surface area (Å²) in [5, 5.41) is 9.28. The molecule has 0 bridgehead atoms. The van der Waals surface area contributed by atoms with Crippen LogP contribution in [0.3, 0.4) is 0 Å². The molecular weight excluding hydrogens is 344 g/mol. The third-order valence-corrected chi connectivity index (χ3v) is 4.26. The first-order valence-corrected chi connectivity index (χ1v) is 8.46. The molecule has 0 aromatic heterocycles. The zero-order valence-electron chi connectivity index (χ0n) is 10.7. The third-order valence-electron chi connectivity index (χ3n) is 2.66. The van der Waals surface area contributed by atoms with Gasteiger partial charge in [-0.1, -0.05) is 28.1 Å². The molecule has 0 aliphatic rings. The quantitative estimate of drug-likeness (QED) is 0.913. The lowest BCUT2D eigenvalue weighted by atomic mass is 10.2. The van der Waals surface area contributed by atoms with Crippen molar-refractivity contribution in [3.8, 4) is 11.5 Å². The van der Waals surface area contributed by atoms with Gasteiger partial charge in [-0.25, -0.2) is 8.42 Å². The van der Waals surface area contributed by atoms with Crippen LogP contribution in [0.2, 0.25) is 0 Å². The van der Waals surface area contributed by atoms with E-state index in [9.17, 15) is 13.5 Å². The lowest BCUT2D eigenvalue weighted by Crippen LogP contribution is -1.97. The normalized spacial score (nSPS) is 11.3. The van der Waals surface area contributed by atoms with Gasteiger partial charge in [0.2, 0.25) is 0 Å². The molecule has 0 atom stereocenters. The molecule has 0 saturated heterocycles. The molecule has 0 saturated carbocycles. The van der Waals surface area contributed by atoms with Crippen LogP contribution in [-0.4, -0.2) is 19.8 Å². The van der Waals surface area contributed by atoms with E-state index in [1.165, 1.54) is 12.1 Å². The first kappa shape index (κ1) is 15.0. The van der Waals surface area contributed by atoms with Crippen molar-refractivity contribution in [2.45, 2.75) is 11.5 Å². The number of sulfone groups is 1. The summed E-state index contributed by atoms with van der Waals surface area (Å²) in [6, 6.07) is 11.5. The van der Waals surface area contributed by atoms with E-state index in [2.05, 4.69) is 15.9 Å². The van der Waals surface area contributed by atoms with E-state index in [1.54, 1.807) is 30.3 Å². The maximum atomic E-state index is 11.5. The summed E-state index contributed by atoms with van der Waals surface area (Å²) < 4.78 is 29.5. The van der Waals surface area contributed by atoms with Gasteiger partial charge in [0.25, 0.3) is 0 Å². The molecule has 0 unspecified atom stereocenters. The van der Waals surface area contributed by atoms with Crippen molar-refractivity contribution < 1.29 is 18.3 Å². The number of halogens is 1. The molecule has 0 amide bonds. The van der Waals surface area contributed by atoms with Gasteiger partial charge in [0.05, 0.1) is 11.5 Å². The average molecular weight is 357 g/mol. The molecule has 6 heteroatoms. The molecule has 0 fully saturated rings. The zero-order chi connectivity index (χ0) is 14.8. The second kappa shape index (κ2) is 5.95. The van der Waals surface area contributed by atoms with Gasteiger partial charge < -0.3 is 9.84 Å². The van der Waals surface area contributed by atoms with Crippen LogP contribution in [0.1, 0.15) is 5.56 Å². The predicted octanol–water partition coefficient (Wildman–Crippen LogP) is 3.14. The molecule has 20 heavy (non-hydrogen) atoms. The Morgan fingerprint density at radius 2 is 1.95 bits per heavy atom. The minimum atomic E-state index is -3.28. The summed E-state index contributed by atoms with van der Waals surface area (Å²) in [5.74, 6) is 0.883. The average Bonchev–Trinajstić information content (AvgIpc) is 2.38. The van der Waals surface area contributed by atoms with E-state index in [-0.39, 0.29) is 11.5 Å². The fourth-order valence-corrected chi connectivity index (χ4v) is 2.65. The van der Waals surface area contributed by atoms with Crippen LogP contribution in [0.4, 0.5) is 0 Å². The van der Waals surface area contributed by atoms with Crippen molar-refractivity contribution >= 4 is 25.8 Å². The molecular formula is C14H13BrO4S. The van der Waals surface area contributed by atoms with Crippen molar-refractivity contribution in [1.29, 1.82) is 0 Å². The number of rotatable bonds is 4. The summed E-state index contributed by atoms with van der Waals surface area (Å²) in [7, 11) is -3.28. The fraction of sp³-hybridized carbons (Fsp3) is 0.143. The molecule has 4 nitrogen and oxygen atoms in total. The monoisotopic (exact) mass is 356 g/mol. The molecule has 0 spiro atoms. The van der Waals surface area contributed by atoms with Crippen LogP contribution in [-0.2, 0) is 16.4 Å². The molecule has 106 valence electrons. The van der Waals surface area contributed by atoms with Crippen LogP contribution in [0.15, 0.2) is 51.8 Å². The maximum absolute atomic E-state index is 11.5. The van der Waals surface area contributed by atoms with E-state index < -0.39 is 9.84 Å². The SMILES string of the molecule is CS(=O)(=O)c1cccc(Oc2cc(Br)ccc2CO)c1. The Bertz CT molecular complexity index is 726. The second-order valence-electron chi connectivity index (χ2n) is 4.26. The van der Waals surface area contributed by atoms with Crippen molar-refractivity contribution in [3.63, 3.8) is 0 Å². The van der Waals surface area contributed by atoms with Gasteiger partial charge in [-0.2, -0.15) is 0 Å². The lowest BCUT2D eigenvalue weighted by Gasteiger charge is -2.11. The maximum Gasteiger partial charge on any atom is 0.175 e. The molecule has 0 aliphatic carbocycles. The minimum absolute atomic E-state index is 0.158. The van der Waals surface area contributed by atoms with Gasteiger partial charge in [-0.3, -0.25) is 0 Å². The molecule has 0 radical (unpaired) electrons. The standard InChI is InChI=1S/C14H13BrO4S/c1-20(17,18)13-4-2-3-12(8-13)19-14-7-11(15)6-5-10(14)9-16/h2-8,16H,9H2,1H3. The Labute approximate surface area is 126 Å². The molecule has 0 heterocycles. The zero-order valence-corrected chi connectivity index (χ0v) is 13.1. The Morgan fingerprint density at radius 1 is 1.20 bits per heavy atom. The Hall–Kier alpha value is -1.37. The molecule has 0 aliphatic heterocycles. The van der Waals surface area contributed by atoms with Crippen LogP contribution < -0.4 is 4.74 Å². The second-order valence-corrected chi connectivity index (χ2v) is 7.19. The summed E-state index contributed by atoms with van der Waals surface area (Å²) in [6.45, 7) is -0.158. The van der Waals surface area contributed by atoms with Crippen molar-refractivity contribution in [2.24, 2.45) is 0 Å². The summed E-state index contributed by atoms with van der Waals surface area (Å²) in [5.41, 5.74) is 0.623. The van der Waals surface area contributed by atoms with Crippen LogP contribution in [0.25, 0.3) is 0 Å². The first-order chi connectivity index (χ1) is 9.40. The molecule has 1 N–H and O–H groups in total. The Balaban J connectivity index is 2.38. The van der Waals surface area contributed by atoms with Crippen LogP contribution in [0.5, 0.6) is 11.5 Å². The van der Waals surface area contributed by atoms with E-state index >= 15 is 0 Å². The van der Waals surface area contributed by atoms with Crippen molar-refractivity contribution in [2.75, 3.05) is 6.26 Å².